The second-order valence-electron chi connectivity index (χ2n) is 5.54. The Hall–Kier alpha value is -0.130. The molecule has 0 saturated carbocycles. The first-order chi connectivity index (χ1) is 8.00. The fraction of sp³-hybridized carbons (Fsp3) is 1.00. The van der Waals surface area contributed by atoms with Crippen LogP contribution in [0.4, 0.5) is 0 Å². The molecule has 4 nitrogen and oxygen atoms in total. The van der Waals surface area contributed by atoms with Crippen LogP contribution in [0, 0.1) is 11.8 Å². The van der Waals surface area contributed by atoms with Crippen LogP contribution in [0.25, 0.3) is 0 Å². The van der Waals surface area contributed by atoms with Gasteiger partial charge in [-0.1, -0.05) is 0 Å². The first kappa shape index (κ1) is 13.3. The van der Waals surface area contributed by atoms with E-state index in [1.807, 2.05) is 0 Å². The topological polar surface area (TPSA) is 69.4 Å². The molecule has 0 bridgehead atoms. The van der Waals surface area contributed by atoms with E-state index in [2.05, 4.69) is 6.92 Å². The third-order valence-electron chi connectivity index (χ3n) is 4.12. The maximum atomic E-state index is 11.5. The number of sulfone groups is 1. The Morgan fingerprint density at radius 3 is 2.59 bits per heavy atom. The highest BCUT2D eigenvalue weighted by atomic mass is 32.2. The standard InChI is InChI=1S/C12H23NO3S/c1-9-2-3-12(16-9)6-11(7-13)10-4-5-17(14,15)8-10/h9-12H,2-8,13H2,1H3. The maximum absolute atomic E-state index is 11.5. The lowest BCUT2D eigenvalue weighted by Gasteiger charge is -2.24. The second kappa shape index (κ2) is 5.24. The van der Waals surface area contributed by atoms with Crippen LogP contribution < -0.4 is 5.73 Å². The van der Waals surface area contributed by atoms with Gasteiger partial charge in [-0.15, -0.1) is 0 Å². The van der Waals surface area contributed by atoms with Gasteiger partial charge < -0.3 is 10.5 Å². The summed E-state index contributed by atoms with van der Waals surface area (Å²) in [6, 6.07) is 0. The summed E-state index contributed by atoms with van der Waals surface area (Å²) in [5, 5.41) is 0. The minimum absolute atomic E-state index is 0.254. The Kier molecular flexibility index (Phi) is 4.10. The normalized spacial score (nSPS) is 38.4. The van der Waals surface area contributed by atoms with Crippen molar-refractivity contribution in [2.24, 2.45) is 17.6 Å². The molecular formula is C12H23NO3S. The van der Waals surface area contributed by atoms with Gasteiger partial charge in [-0.2, -0.15) is 0 Å². The van der Waals surface area contributed by atoms with Crippen LogP contribution >= 0.6 is 0 Å². The molecule has 2 aliphatic rings. The van der Waals surface area contributed by atoms with Crippen molar-refractivity contribution in [3.05, 3.63) is 0 Å². The Morgan fingerprint density at radius 2 is 2.12 bits per heavy atom. The van der Waals surface area contributed by atoms with Crippen molar-refractivity contribution < 1.29 is 13.2 Å². The van der Waals surface area contributed by atoms with Crippen molar-refractivity contribution in [1.82, 2.24) is 0 Å². The van der Waals surface area contributed by atoms with Gasteiger partial charge in [0, 0.05) is 0 Å². The van der Waals surface area contributed by atoms with Gasteiger partial charge in [-0.25, -0.2) is 8.42 Å². The largest absolute Gasteiger partial charge is 0.375 e. The highest BCUT2D eigenvalue weighted by Crippen LogP contribution is 2.32. The number of hydrogen-bond acceptors (Lipinski definition) is 4. The molecule has 2 heterocycles. The van der Waals surface area contributed by atoms with E-state index in [1.54, 1.807) is 0 Å². The van der Waals surface area contributed by atoms with Gasteiger partial charge in [0.25, 0.3) is 0 Å². The quantitative estimate of drug-likeness (QED) is 0.818. The van der Waals surface area contributed by atoms with E-state index in [0.29, 0.717) is 36.2 Å². The molecular weight excluding hydrogens is 238 g/mol. The van der Waals surface area contributed by atoms with Crippen molar-refractivity contribution in [3.8, 4) is 0 Å². The van der Waals surface area contributed by atoms with Crippen molar-refractivity contribution in [3.63, 3.8) is 0 Å². The number of nitrogens with two attached hydrogens (primary N) is 1. The molecule has 100 valence electrons. The summed E-state index contributed by atoms with van der Waals surface area (Å²) in [6.07, 6.45) is 4.57. The zero-order valence-electron chi connectivity index (χ0n) is 10.5. The number of rotatable bonds is 4. The smallest absolute Gasteiger partial charge is 0.150 e. The van der Waals surface area contributed by atoms with Gasteiger partial charge >= 0.3 is 0 Å². The minimum Gasteiger partial charge on any atom is -0.375 e. The van der Waals surface area contributed by atoms with Gasteiger partial charge in [0.15, 0.2) is 9.84 Å². The molecule has 4 unspecified atom stereocenters. The van der Waals surface area contributed by atoms with E-state index in [1.165, 1.54) is 0 Å². The van der Waals surface area contributed by atoms with Gasteiger partial charge in [-0.05, 0) is 51.0 Å². The molecule has 4 atom stereocenters. The Labute approximate surface area is 104 Å². The molecule has 2 N–H and O–H groups in total. The summed E-state index contributed by atoms with van der Waals surface area (Å²) in [6.45, 7) is 2.67. The van der Waals surface area contributed by atoms with Crippen LogP contribution in [0.3, 0.4) is 0 Å². The van der Waals surface area contributed by atoms with Crippen molar-refractivity contribution in [2.45, 2.75) is 44.8 Å². The lowest BCUT2D eigenvalue weighted by Crippen LogP contribution is -2.28. The van der Waals surface area contributed by atoms with Crippen molar-refractivity contribution >= 4 is 9.84 Å². The average Bonchev–Trinajstić information content (AvgIpc) is 2.81. The van der Waals surface area contributed by atoms with E-state index in [4.69, 9.17) is 10.5 Å². The van der Waals surface area contributed by atoms with Crippen LogP contribution in [0.2, 0.25) is 0 Å². The molecule has 0 aromatic carbocycles. The van der Waals surface area contributed by atoms with E-state index >= 15 is 0 Å². The van der Waals surface area contributed by atoms with E-state index in [9.17, 15) is 8.42 Å². The summed E-state index contributed by atoms with van der Waals surface area (Å²) in [4.78, 5) is 0. The fourth-order valence-electron chi connectivity index (χ4n) is 3.07. The van der Waals surface area contributed by atoms with Crippen LogP contribution in [-0.4, -0.2) is 38.7 Å². The van der Waals surface area contributed by atoms with Crippen molar-refractivity contribution in [2.75, 3.05) is 18.1 Å². The summed E-state index contributed by atoms with van der Waals surface area (Å²) >= 11 is 0. The first-order valence-electron chi connectivity index (χ1n) is 6.56. The highest BCUT2D eigenvalue weighted by molar-refractivity contribution is 7.91. The molecule has 0 aromatic heterocycles. The van der Waals surface area contributed by atoms with Gasteiger partial charge in [0.2, 0.25) is 0 Å². The molecule has 0 aromatic rings. The zero-order chi connectivity index (χ0) is 12.5. The van der Waals surface area contributed by atoms with Gasteiger partial charge in [0.1, 0.15) is 0 Å². The van der Waals surface area contributed by atoms with Crippen LogP contribution in [0.1, 0.15) is 32.6 Å². The summed E-state index contributed by atoms with van der Waals surface area (Å²) in [5.74, 6) is 1.24. The molecule has 2 saturated heterocycles. The molecule has 5 heteroatoms. The van der Waals surface area contributed by atoms with Gasteiger partial charge in [-0.3, -0.25) is 0 Å². The third kappa shape index (κ3) is 3.42. The first-order valence-corrected chi connectivity index (χ1v) is 8.38. The molecule has 2 aliphatic heterocycles. The zero-order valence-corrected chi connectivity index (χ0v) is 11.3. The molecule has 2 rings (SSSR count). The van der Waals surface area contributed by atoms with E-state index < -0.39 is 9.84 Å². The monoisotopic (exact) mass is 261 g/mol. The summed E-state index contributed by atoms with van der Waals surface area (Å²) in [5.41, 5.74) is 5.80. The lowest BCUT2D eigenvalue weighted by atomic mass is 9.86. The molecule has 0 spiro atoms. The minimum atomic E-state index is -2.79. The fourth-order valence-corrected chi connectivity index (χ4v) is 4.99. The Morgan fingerprint density at radius 1 is 1.35 bits per heavy atom. The summed E-state index contributed by atoms with van der Waals surface area (Å²) in [7, 11) is -2.79. The number of hydrogen-bond donors (Lipinski definition) is 1. The molecule has 0 aliphatic carbocycles. The Balaban J connectivity index is 1.89. The molecule has 17 heavy (non-hydrogen) atoms. The van der Waals surface area contributed by atoms with Crippen LogP contribution in [-0.2, 0) is 14.6 Å². The van der Waals surface area contributed by atoms with Crippen LogP contribution in [0.15, 0.2) is 0 Å². The predicted molar refractivity (Wildman–Crippen MR) is 67.5 cm³/mol. The second-order valence-corrected chi connectivity index (χ2v) is 7.77. The SMILES string of the molecule is CC1CCC(CC(CN)C2CCS(=O)(=O)C2)O1. The highest BCUT2D eigenvalue weighted by Gasteiger charge is 2.35. The maximum Gasteiger partial charge on any atom is 0.150 e. The summed E-state index contributed by atoms with van der Waals surface area (Å²) < 4.78 is 28.8. The Bertz CT molecular complexity index is 355. The predicted octanol–water partition coefficient (Wildman–Crippen LogP) is 0.954. The third-order valence-corrected chi connectivity index (χ3v) is 5.92. The molecule has 2 fully saturated rings. The van der Waals surface area contributed by atoms with Crippen molar-refractivity contribution in [1.29, 1.82) is 0 Å². The lowest BCUT2D eigenvalue weighted by molar-refractivity contribution is 0.0365. The van der Waals surface area contributed by atoms with E-state index in [0.717, 1.165) is 25.7 Å². The van der Waals surface area contributed by atoms with E-state index in [-0.39, 0.29) is 5.92 Å². The molecule has 0 radical (unpaired) electrons. The molecule has 0 amide bonds. The van der Waals surface area contributed by atoms with Crippen LogP contribution in [0.5, 0.6) is 0 Å². The van der Waals surface area contributed by atoms with Gasteiger partial charge in [0.05, 0.1) is 23.7 Å². The average molecular weight is 261 g/mol. The number of ether oxygens (including phenoxy) is 1.